The number of aryl methyl sites for hydroxylation is 3. The fourth-order valence-electron chi connectivity index (χ4n) is 4.06. The summed E-state index contributed by atoms with van der Waals surface area (Å²) in [6.07, 6.45) is 0. The van der Waals surface area contributed by atoms with Gasteiger partial charge in [-0.25, -0.2) is 9.59 Å². The van der Waals surface area contributed by atoms with Crippen LogP contribution in [0.4, 0.5) is 0 Å². The molecule has 2 aromatic heterocycles. The van der Waals surface area contributed by atoms with Crippen molar-refractivity contribution in [2.75, 3.05) is 0 Å². The van der Waals surface area contributed by atoms with Crippen LogP contribution in [-0.2, 0) is 13.7 Å². The van der Waals surface area contributed by atoms with Crippen LogP contribution in [0.3, 0.4) is 0 Å². The lowest BCUT2D eigenvalue weighted by Gasteiger charge is -2.14. The minimum Gasteiger partial charge on any atom is -0.489 e. The fraction of sp³-hybridized carbons (Fsp3) is 0.154. The van der Waals surface area contributed by atoms with Crippen molar-refractivity contribution in [1.82, 2.24) is 19.8 Å². The van der Waals surface area contributed by atoms with Crippen LogP contribution in [-0.4, -0.2) is 19.8 Å². The summed E-state index contributed by atoms with van der Waals surface area (Å²) in [5.74, 6) is 0.545. The molecule has 0 atom stereocenters. The molecule has 0 spiro atoms. The van der Waals surface area contributed by atoms with E-state index in [0.29, 0.717) is 22.6 Å². The van der Waals surface area contributed by atoms with Gasteiger partial charge in [-0.1, -0.05) is 42.5 Å². The Labute approximate surface area is 194 Å². The summed E-state index contributed by atoms with van der Waals surface area (Å²) >= 11 is 0. The summed E-state index contributed by atoms with van der Waals surface area (Å²) in [6, 6.07) is 20.5. The Hall–Kier alpha value is -4.46. The van der Waals surface area contributed by atoms with Crippen LogP contribution < -0.4 is 16.1 Å². The summed E-state index contributed by atoms with van der Waals surface area (Å²) in [5, 5.41) is 8.58. The van der Waals surface area contributed by atoms with Crippen LogP contribution >= 0.6 is 0 Å². The van der Waals surface area contributed by atoms with E-state index in [1.54, 1.807) is 19.2 Å². The molecular weight excluding hydrogens is 432 g/mol. The highest BCUT2D eigenvalue weighted by molar-refractivity contribution is 5.87. The second-order valence-corrected chi connectivity index (χ2v) is 8.07. The first-order chi connectivity index (χ1) is 16.4. The summed E-state index contributed by atoms with van der Waals surface area (Å²) in [4.78, 5) is 25.1. The molecule has 0 amide bonds. The van der Waals surface area contributed by atoms with E-state index in [9.17, 15) is 9.59 Å². The Morgan fingerprint density at radius 1 is 0.941 bits per heavy atom. The van der Waals surface area contributed by atoms with Crippen molar-refractivity contribution in [1.29, 1.82) is 0 Å². The average molecular weight is 454 g/mol. The number of aromatic nitrogens is 4. The maximum absolute atomic E-state index is 12.8. The maximum Gasteiger partial charge on any atom is 0.368 e. The SMILES string of the molecule is Cc1cccc(-n2nnn(C)c2=O)c1COc1ccc2c(C)c(-c3ccccc3)c(=O)oc2c1. The third-order valence-electron chi connectivity index (χ3n) is 5.92. The Balaban J connectivity index is 1.49. The van der Waals surface area contributed by atoms with Gasteiger partial charge in [0.25, 0.3) is 0 Å². The van der Waals surface area contributed by atoms with Gasteiger partial charge in [-0.15, -0.1) is 0 Å². The summed E-state index contributed by atoms with van der Waals surface area (Å²) < 4.78 is 14.1. The van der Waals surface area contributed by atoms with E-state index in [4.69, 9.17) is 9.15 Å². The van der Waals surface area contributed by atoms with Gasteiger partial charge in [-0.2, -0.15) is 9.36 Å². The minimum atomic E-state index is -0.392. The van der Waals surface area contributed by atoms with E-state index in [2.05, 4.69) is 10.4 Å². The van der Waals surface area contributed by atoms with Crippen molar-refractivity contribution in [3.05, 3.63) is 104 Å². The van der Waals surface area contributed by atoms with E-state index in [0.717, 1.165) is 27.6 Å². The van der Waals surface area contributed by atoms with Crippen LogP contribution in [0.25, 0.3) is 27.8 Å². The molecule has 0 N–H and O–H groups in total. The van der Waals surface area contributed by atoms with Gasteiger partial charge in [0.1, 0.15) is 17.9 Å². The first-order valence-corrected chi connectivity index (χ1v) is 10.8. The van der Waals surface area contributed by atoms with Gasteiger partial charge in [0, 0.05) is 24.1 Å². The number of rotatable bonds is 5. The highest BCUT2D eigenvalue weighted by atomic mass is 16.5. The zero-order valence-electron chi connectivity index (χ0n) is 19.0. The predicted octanol–water partition coefficient (Wildman–Crippen LogP) is 3.94. The van der Waals surface area contributed by atoms with Crippen molar-refractivity contribution in [3.63, 3.8) is 0 Å². The molecule has 0 fully saturated rings. The molecule has 0 unspecified atom stereocenters. The standard InChI is InChI=1S/C26H22N4O4/c1-16-8-7-11-22(30-26(32)29(3)27-28-30)21(16)15-33-19-12-13-20-17(2)24(18-9-5-4-6-10-18)25(31)34-23(20)14-19/h4-14H,15H2,1-3H3. The van der Waals surface area contributed by atoms with Crippen LogP contribution in [0.5, 0.6) is 5.75 Å². The van der Waals surface area contributed by atoms with Crippen LogP contribution in [0, 0.1) is 13.8 Å². The number of hydrogen-bond acceptors (Lipinski definition) is 6. The predicted molar refractivity (Wildman–Crippen MR) is 128 cm³/mol. The highest BCUT2D eigenvalue weighted by Crippen LogP contribution is 2.29. The number of benzene rings is 3. The lowest BCUT2D eigenvalue weighted by Crippen LogP contribution is -2.23. The monoisotopic (exact) mass is 454 g/mol. The normalized spacial score (nSPS) is 11.1. The van der Waals surface area contributed by atoms with E-state index >= 15 is 0 Å². The lowest BCUT2D eigenvalue weighted by atomic mass is 10.00. The zero-order valence-corrected chi connectivity index (χ0v) is 19.0. The summed E-state index contributed by atoms with van der Waals surface area (Å²) in [5.41, 5.74) is 4.31. The van der Waals surface area contributed by atoms with Gasteiger partial charge in [-0.05, 0) is 59.2 Å². The van der Waals surface area contributed by atoms with Crippen LogP contribution in [0.2, 0.25) is 0 Å². The molecule has 0 bridgehead atoms. The van der Waals surface area contributed by atoms with E-state index in [1.807, 2.05) is 68.4 Å². The first kappa shape index (κ1) is 21.4. The molecular formula is C26H22N4O4. The molecule has 0 saturated heterocycles. The fourth-order valence-corrected chi connectivity index (χ4v) is 4.06. The molecule has 8 nitrogen and oxygen atoms in total. The molecule has 2 heterocycles. The van der Waals surface area contributed by atoms with Crippen molar-refractivity contribution >= 4 is 11.0 Å². The Bertz CT molecular complexity index is 1630. The van der Waals surface area contributed by atoms with Gasteiger partial charge in [0.2, 0.25) is 0 Å². The second-order valence-electron chi connectivity index (χ2n) is 8.07. The summed E-state index contributed by atoms with van der Waals surface area (Å²) in [6.45, 7) is 4.06. The molecule has 3 aromatic carbocycles. The molecule has 0 aliphatic heterocycles. The van der Waals surface area contributed by atoms with Crippen molar-refractivity contribution < 1.29 is 9.15 Å². The third-order valence-corrected chi connectivity index (χ3v) is 5.92. The molecule has 0 radical (unpaired) electrons. The maximum atomic E-state index is 12.8. The Morgan fingerprint density at radius 2 is 1.74 bits per heavy atom. The van der Waals surface area contributed by atoms with E-state index in [-0.39, 0.29) is 12.3 Å². The number of fused-ring (bicyclic) bond motifs is 1. The van der Waals surface area contributed by atoms with Crippen molar-refractivity contribution in [3.8, 4) is 22.6 Å². The van der Waals surface area contributed by atoms with Gasteiger partial charge in [0.05, 0.1) is 11.3 Å². The number of ether oxygens (including phenoxy) is 1. The van der Waals surface area contributed by atoms with Gasteiger partial charge in [-0.3, -0.25) is 0 Å². The molecule has 8 heteroatoms. The highest BCUT2D eigenvalue weighted by Gasteiger charge is 2.16. The molecule has 170 valence electrons. The minimum absolute atomic E-state index is 0.196. The number of nitrogens with zero attached hydrogens (tertiary/aromatic N) is 4. The van der Waals surface area contributed by atoms with Gasteiger partial charge >= 0.3 is 11.3 Å². The van der Waals surface area contributed by atoms with E-state index < -0.39 is 5.63 Å². The number of hydrogen-bond donors (Lipinski definition) is 0. The Kier molecular flexibility index (Phi) is 5.33. The lowest BCUT2D eigenvalue weighted by molar-refractivity contribution is 0.304. The van der Waals surface area contributed by atoms with Crippen molar-refractivity contribution in [2.45, 2.75) is 20.5 Å². The second kappa shape index (κ2) is 8.47. The molecule has 5 rings (SSSR count). The topological polar surface area (TPSA) is 92.1 Å². The number of tetrazole rings is 1. The Morgan fingerprint density at radius 3 is 2.47 bits per heavy atom. The molecule has 34 heavy (non-hydrogen) atoms. The molecule has 0 saturated carbocycles. The average Bonchev–Trinajstić information content (AvgIpc) is 3.16. The smallest absolute Gasteiger partial charge is 0.368 e. The first-order valence-electron chi connectivity index (χ1n) is 10.8. The third kappa shape index (κ3) is 3.69. The largest absolute Gasteiger partial charge is 0.489 e. The molecule has 0 aliphatic rings. The van der Waals surface area contributed by atoms with Gasteiger partial charge < -0.3 is 9.15 Å². The molecule has 0 aliphatic carbocycles. The van der Waals surface area contributed by atoms with Crippen LogP contribution in [0.1, 0.15) is 16.7 Å². The molecule has 5 aromatic rings. The zero-order chi connectivity index (χ0) is 23.8. The van der Waals surface area contributed by atoms with Crippen molar-refractivity contribution in [2.24, 2.45) is 7.05 Å². The van der Waals surface area contributed by atoms with Gasteiger partial charge in [0.15, 0.2) is 0 Å². The van der Waals surface area contributed by atoms with E-state index in [1.165, 1.54) is 9.36 Å². The quantitative estimate of drug-likeness (QED) is 0.374. The summed E-state index contributed by atoms with van der Waals surface area (Å²) in [7, 11) is 1.55. The van der Waals surface area contributed by atoms with Crippen LogP contribution in [0.15, 0.2) is 80.7 Å².